The molecule has 0 bridgehead atoms. The van der Waals surface area contributed by atoms with Crippen LogP contribution in [0.3, 0.4) is 0 Å². The van der Waals surface area contributed by atoms with Crippen molar-refractivity contribution in [3.8, 4) is 0 Å². The molecule has 1 N–H and O–H groups in total. The molecule has 0 saturated heterocycles. The first-order valence-corrected chi connectivity index (χ1v) is 6.04. The van der Waals surface area contributed by atoms with Gasteiger partial charge in [0.25, 0.3) is 0 Å². The smallest absolute Gasteiger partial charge is 0.141 e. The van der Waals surface area contributed by atoms with Gasteiger partial charge in [0.05, 0.1) is 5.02 Å². The molecule has 0 aliphatic heterocycles. The molecule has 0 amide bonds. The molecule has 0 aliphatic rings. The molecule has 0 saturated carbocycles. The van der Waals surface area contributed by atoms with Crippen LogP contribution in [0.1, 0.15) is 38.3 Å². The van der Waals surface area contributed by atoms with Gasteiger partial charge in [0.15, 0.2) is 0 Å². The summed E-state index contributed by atoms with van der Waals surface area (Å²) in [5.41, 5.74) is 1.05. The highest BCUT2D eigenvalue weighted by Crippen LogP contribution is 2.24. The van der Waals surface area contributed by atoms with Crippen LogP contribution < -0.4 is 5.32 Å². The highest BCUT2D eigenvalue weighted by molar-refractivity contribution is 6.30. The lowest BCUT2D eigenvalue weighted by Gasteiger charge is -2.18. The Kier molecular flexibility index (Phi) is 5.23. The Labute approximate surface area is 102 Å². The van der Waals surface area contributed by atoms with Crippen LogP contribution in [-0.4, -0.2) is 7.05 Å². The molecule has 1 nitrogen and oxygen atoms in total. The van der Waals surface area contributed by atoms with Gasteiger partial charge in [0.1, 0.15) is 5.82 Å². The van der Waals surface area contributed by atoms with E-state index >= 15 is 0 Å². The normalized spacial score (nSPS) is 13.1. The van der Waals surface area contributed by atoms with Gasteiger partial charge in [0.2, 0.25) is 0 Å². The van der Waals surface area contributed by atoms with Gasteiger partial charge in [-0.1, -0.05) is 31.5 Å². The minimum atomic E-state index is -0.357. The Morgan fingerprint density at radius 1 is 1.31 bits per heavy atom. The zero-order chi connectivity index (χ0) is 12.1. The standard InChI is InChI=1S/C13H19ClFN/c1-9(2)4-7-13(16-3)10-5-6-12(15)11(14)8-10/h5-6,8-9,13,16H,4,7H2,1-3H3. The van der Waals surface area contributed by atoms with E-state index in [0.717, 1.165) is 18.4 Å². The molecular weight excluding hydrogens is 225 g/mol. The van der Waals surface area contributed by atoms with E-state index < -0.39 is 0 Å². The molecular formula is C13H19ClFN. The highest BCUT2D eigenvalue weighted by Gasteiger charge is 2.11. The fraction of sp³-hybridized carbons (Fsp3) is 0.538. The van der Waals surface area contributed by atoms with Gasteiger partial charge in [-0.15, -0.1) is 0 Å². The Morgan fingerprint density at radius 2 is 2.00 bits per heavy atom. The van der Waals surface area contributed by atoms with E-state index in [-0.39, 0.29) is 16.9 Å². The summed E-state index contributed by atoms with van der Waals surface area (Å²) in [7, 11) is 1.92. The van der Waals surface area contributed by atoms with Gasteiger partial charge < -0.3 is 5.32 Å². The maximum atomic E-state index is 13.0. The number of hydrogen-bond acceptors (Lipinski definition) is 1. The molecule has 1 atom stereocenters. The first-order chi connectivity index (χ1) is 7.54. The van der Waals surface area contributed by atoms with Crippen molar-refractivity contribution in [2.75, 3.05) is 7.05 Å². The summed E-state index contributed by atoms with van der Waals surface area (Å²) in [6.45, 7) is 4.40. The molecule has 3 heteroatoms. The summed E-state index contributed by atoms with van der Waals surface area (Å²) in [4.78, 5) is 0. The summed E-state index contributed by atoms with van der Waals surface area (Å²) >= 11 is 5.77. The molecule has 16 heavy (non-hydrogen) atoms. The minimum absolute atomic E-state index is 0.197. The average Bonchev–Trinajstić information content (AvgIpc) is 2.23. The SMILES string of the molecule is CNC(CCC(C)C)c1ccc(F)c(Cl)c1. The molecule has 0 fully saturated rings. The predicted octanol–water partition coefficient (Wildman–Crippen LogP) is 4.18. The number of hydrogen-bond donors (Lipinski definition) is 1. The summed E-state index contributed by atoms with van der Waals surface area (Å²) < 4.78 is 13.0. The second kappa shape index (κ2) is 6.21. The number of benzene rings is 1. The second-order valence-electron chi connectivity index (χ2n) is 4.49. The van der Waals surface area contributed by atoms with Crippen molar-refractivity contribution in [1.29, 1.82) is 0 Å². The van der Waals surface area contributed by atoms with Crippen LogP contribution in [0.2, 0.25) is 5.02 Å². The Hall–Kier alpha value is -0.600. The quantitative estimate of drug-likeness (QED) is 0.818. The lowest BCUT2D eigenvalue weighted by Crippen LogP contribution is -2.17. The van der Waals surface area contributed by atoms with Gasteiger partial charge in [-0.3, -0.25) is 0 Å². The fourth-order valence-corrected chi connectivity index (χ4v) is 1.90. The monoisotopic (exact) mass is 243 g/mol. The maximum absolute atomic E-state index is 13.0. The van der Waals surface area contributed by atoms with Crippen LogP contribution in [0.4, 0.5) is 4.39 Å². The van der Waals surface area contributed by atoms with E-state index in [1.807, 2.05) is 7.05 Å². The van der Waals surface area contributed by atoms with Crippen LogP contribution in [0.25, 0.3) is 0 Å². The van der Waals surface area contributed by atoms with Gasteiger partial charge in [-0.2, -0.15) is 0 Å². The van der Waals surface area contributed by atoms with Crippen LogP contribution >= 0.6 is 11.6 Å². The van der Waals surface area contributed by atoms with E-state index in [1.165, 1.54) is 6.07 Å². The summed E-state index contributed by atoms with van der Waals surface area (Å²) in [6.07, 6.45) is 2.18. The summed E-state index contributed by atoms with van der Waals surface area (Å²) in [5, 5.41) is 3.44. The highest BCUT2D eigenvalue weighted by atomic mass is 35.5. The average molecular weight is 244 g/mol. The Bertz CT molecular complexity index is 339. The molecule has 0 aromatic heterocycles. The van der Waals surface area contributed by atoms with Crippen LogP contribution in [-0.2, 0) is 0 Å². The topological polar surface area (TPSA) is 12.0 Å². The lowest BCUT2D eigenvalue weighted by molar-refractivity contribution is 0.464. The molecule has 1 aromatic carbocycles. The van der Waals surface area contributed by atoms with E-state index in [4.69, 9.17) is 11.6 Å². The molecule has 0 heterocycles. The first-order valence-electron chi connectivity index (χ1n) is 5.66. The Balaban J connectivity index is 2.74. The molecule has 1 rings (SSSR count). The molecule has 0 aliphatic carbocycles. The van der Waals surface area contributed by atoms with Crippen molar-refractivity contribution in [2.24, 2.45) is 5.92 Å². The van der Waals surface area contributed by atoms with Crippen molar-refractivity contribution in [3.05, 3.63) is 34.6 Å². The van der Waals surface area contributed by atoms with Crippen LogP contribution in [0.5, 0.6) is 0 Å². The van der Waals surface area contributed by atoms with Crippen molar-refractivity contribution in [2.45, 2.75) is 32.7 Å². The molecule has 90 valence electrons. The van der Waals surface area contributed by atoms with E-state index in [9.17, 15) is 4.39 Å². The second-order valence-corrected chi connectivity index (χ2v) is 4.89. The third-order valence-electron chi connectivity index (χ3n) is 2.73. The third kappa shape index (κ3) is 3.76. The summed E-state index contributed by atoms with van der Waals surface area (Å²) in [6, 6.07) is 5.18. The van der Waals surface area contributed by atoms with Gasteiger partial charge in [-0.05, 0) is 43.5 Å². The van der Waals surface area contributed by atoms with Gasteiger partial charge >= 0.3 is 0 Å². The molecule has 1 unspecified atom stereocenters. The molecule has 1 aromatic rings. The van der Waals surface area contributed by atoms with Crippen LogP contribution in [0, 0.1) is 11.7 Å². The van der Waals surface area contributed by atoms with E-state index in [1.54, 1.807) is 12.1 Å². The predicted molar refractivity (Wildman–Crippen MR) is 67.3 cm³/mol. The van der Waals surface area contributed by atoms with Crippen molar-refractivity contribution in [1.82, 2.24) is 5.32 Å². The van der Waals surface area contributed by atoms with E-state index in [0.29, 0.717) is 5.92 Å². The van der Waals surface area contributed by atoms with Crippen LogP contribution in [0.15, 0.2) is 18.2 Å². The van der Waals surface area contributed by atoms with Crippen molar-refractivity contribution in [3.63, 3.8) is 0 Å². The van der Waals surface area contributed by atoms with Gasteiger partial charge in [0, 0.05) is 6.04 Å². The number of halogens is 2. The zero-order valence-electron chi connectivity index (χ0n) is 10.1. The lowest BCUT2D eigenvalue weighted by atomic mass is 9.98. The summed E-state index contributed by atoms with van der Waals surface area (Å²) in [5.74, 6) is 0.316. The van der Waals surface area contributed by atoms with Crippen molar-refractivity contribution >= 4 is 11.6 Å². The zero-order valence-corrected chi connectivity index (χ0v) is 10.8. The van der Waals surface area contributed by atoms with Gasteiger partial charge in [-0.25, -0.2) is 4.39 Å². The minimum Gasteiger partial charge on any atom is -0.313 e. The van der Waals surface area contributed by atoms with E-state index in [2.05, 4.69) is 19.2 Å². The maximum Gasteiger partial charge on any atom is 0.141 e. The number of rotatable bonds is 5. The number of nitrogens with one attached hydrogen (secondary N) is 1. The molecule has 0 spiro atoms. The largest absolute Gasteiger partial charge is 0.313 e. The molecule has 0 radical (unpaired) electrons. The Morgan fingerprint density at radius 3 is 2.50 bits per heavy atom. The first kappa shape index (κ1) is 13.5. The van der Waals surface area contributed by atoms with Crippen molar-refractivity contribution < 1.29 is 4.39 Å². The fourth-order valence-electron chi connectivity index (χ4n) is 1.71. The third-order valence-corrected chi connectivity index (χ3v) is 3.02.